The molecular weight excluding hydrogens is 172 g/mol. The minimum Gasteiger partial charge on any atom is -0.302 e. The molecule has 1 rings (SSSR count). The molecule has 0 aliphatic heterocycles. The maximum atomic E-state index is 10.8. The summed E-state index contributed by atoms with van der Waals surface area (Å²) >= 11 is 5.71. The van der Waals surface area contributed by atoms with E-state index in [-0.39, 0.29) is 0 Å². The minimum atomic E-state index is -0.539. The standard InChI is InChI=1S/C10H11ClO/c1-10(7-11,8-12)9-5-3-2-4-6-9/h2-6,8H,7H2,1H3. The van der Waals surface area contributed by atoms with Gasteiger partial charge in [0.05, 0.1) is 5.41 Å². The third kappa shape index (κ3) is 1.67. The molecule has 0 bridgehead atoms. The fourth-order valence-electron chi connectivity index (χ4n) is 0.996. The molecule has 12 heavy (non-hydrogen) atoms. The number of hydrogen-bond acceptors (Lipinski definition) is 1. The van der Waals surface area contributed by atoms with Crippen molar-refractivity contribution in [2.75, 3.05) is 5.88 Å². The number of carbonyl (C=O) groups is 1. The van der Waals surface area contributed by atoms with E-state index in [1.165, 1.54) is 0 Å². The average molecular weight is 183 g/mol. The van der Waals surface area contributed by atoms with Crippen LogP contribution in [0.4, 0.5) is 0 Å². The predicted molar refractivity (Wildman–Crippen MR) is 50.6 cm³/mol. The lowest BCUT2D eigenvalue weighted by atomic mass is 9.86. The number of aldehydes is 1. The first-order valence-corrected chi connectivity index (χ1v) is 4.34. The van der Waals surface area contributed by atoms with Gasteiger partial charge in [0.2, 0.25) is 0 Å². The maximum absolute atomic E-state index is 10.8. The van der Waals surface area contributed by atoms with Gasteiger partial charge in [-0.05, 0) is 12.5 Å². The first-order valence-electron chi connectivity index (χ1n) is 3.81. The van der Waals surface area contributed by atoms with Gasteiger partial charge in [0.1, 0.15) is 6.29 Å². The zero-order valence-corrected chi connectivity index (χ0v) is 7.71. The molecule has 1 nitrogen and oxygen atoms in total. The summed E-state index contributed by atoms with van der Waals surface area (Å²) in [4.78, 5) is 10.8. The van der Waals surface area contributed by atoms with Crippen molar-refractivity contribution in [3.8, 4) is 0 Å². The van der Waals surface area contributed by atoms with Gasteiger partial charge >= 0.3 is 0 Å². The van der Waals surface area contributed by atoms with E-state index in [1.54, 1.807) is 0 Å². The van der Waals surface area contributed by atoms with Crippen molar-refractivity contribution in [1.29, 1.82) is 0 Å². The Labute approximate surface area is 77.4 Å². The largest absolute Gasteiger partial charge is 0.302 e. The van der Waals surface area contributed by atoms with Crippen LogP contribution < -0.4 is 0 Å². The topological polar surface area (TPSA) is 17.1 Å². The van der Waals surface area contributed by atoms with E-state index in [9.17, 15) is 4.79 Å². The fraction of sp³-hybridized carbons (Fsp3) is 0.300. The highest BCUT2D eigenvalue weighted by atomic mass is 35.5. The molecule has 64 valence electrons. The Balaban J connectivity index is 3.03. The van der Waals surface area contributed by atoms with E-state index in [2.05, 4.69) is 0 Å². The summed E-state index contributed by atoms with van der Waals surface area (Å²) in [7, 11) is 0. The van der Waals surface area contributed by atoms with Gasteiger partial charge in [0.25, 0.3) is 0 Å². The molecular formula is C10H11ClO. The molecule has 0 saturated heterocycles. The van der Waals surface area contributed by atoms with Gasteiger partial charge in [-0.3, -0.25) is 0 Å². The fourth-order valence-corrected chi connectivity index (χ4v) is 1.21. The van der Waals surface area contributed by atoms with Gasteiger partial charge in [-0.25, -0.2) is 0 Å². The number of alkyl halides is 1. The van der Waals surface area contributed by atoms with E-state index in [1.807, 2.05) is 37.3 Å². The van der Waals surface area contributed by atoms with Crippen LogP contribution in [0.15, 0.2) is 30.3 Å². The van der Waals surface area contributed by atoms with Crippen LogP contribution in [0.2, 0.25) is 0 Å². The number of carbonyl (C=O) groups excluding carboxylic acids is 1. The molecule has 0 heterocycles. The smallest absolute Gasteiger partial charge is 0.131 e. The van der Waals surface area contributed by atoms with Crippen LogP contribution in [0.1, 0.15) is 12.5 Å². The van der Waals surface area contributed by atoms with Gasteiger partial charge in [-0.15, -0.1) is 11.6 Å². The molecule has 1 aromatic rings. The summed E-state index contributed by atoms with van der Waals surface area (Å²) in [5, 5.41) is 0. The lowest BCUT2D eigenvalue weighted by Crippen LogP contribution is -2.25. The first kappa shape index (κ1) is 9.27. The van der Waals surface area contributed by atoms with E-state index in [0.717, 1.165) is 11.8 Å². The van der Waals surface area contributed by atoms with Crippen LogP contribution in [-0.2, 0) is 10.2 Å². The highest BCUT2D eigenvalue weighted by Gasteiger charge is 2.24. The van der Waals surface area contributed by atoms with E-state index in [4.69, 9.17) is 11.6 Å². The van der Waals surface area contributed by atoms with Gasteiger partial charge in [0.15, 0.2) is 0 Å². The number of halogens is 1. The summed E-state index contributed by atoms with van der Waals surface area (Å²) in [6, 6.07) is 9.56. The average Bonchev–Trinajstić information content (AvgIpc) is 2.18. The third-order valence-electron chi connectivity index (χ3n) is 1.97. The minimum absolute atomic E-state index is 0.320. The normalized spacial score (nSPS) is 15.2. The molecule has 0 aliphatic rings. The Bertz CT molecular complexity index is 258. The molecule has 1 aromatic carbocycles. The van der Waals surface area contributed by atoms with E-state index in [0.29, 0.717) is 5.88 Å². The lowest BCUT2D eigenvalue weighted by Gasteiger charge is -2.19. The van der Waals surface area contributed by atoms with Gasteiger partial charge in [-0.2, -0.15) is 0 Å². The lowest BCUT2D eigenvalue weighted by molar-refractivity contribution is -0.111. The zero-order valence-electron chi connectivity index (χ0n) is 6.96. The van der Waals surface area contributed by atoms with Crippen molar-refractivity contribution in [2.45, 2.75) is 12.3 Å². The number of benzene rings is 1. The summed E-state index contributed by atoms with van der Waals surface area (Å²) < 4.78 is 0. The quantitative estimate of drug-likeness (QED) is 0.518. The predicted octanol–water partition coefficient (Wildman–Crippen LogP) is 2.38. The van der Waals surface area contributed by atoms with Crippen LogP contribution in [0.25, 0.3) is 0 Å². The summed E-state index contributed by atoms with van der Waals surface area (Å²) in [5.74, 6) is 0.320. The Kier molecular flexibility index (Phi) is 2.88. The van der Waals surface area contributed by atoms with Crippen LogP contribution in [0.5, 0.6) is 0 Å². The second kappa shape index (κ2) is 3.72. The Morgan fingerprint density at radius 3 is 2.42 bits per heavy atom. The summed E-state index contributed by atoms with van der Waals surface area (Å²) in [5.41, 5.74) is 0.429. The first-order chi connectivity index (χ1) is 5.73. The van der Waals surface area contributed by atoms with Crippen molar-refractivity contribution >= 4 is 17.9 Å². The van der Waals surface area contributed by atoms with Crippen molar-refractivity contribution in [3.63, 3.8) is 0 Å². The molecule has 1 atom stereocenters. The zero-order chi connectivity index (χ0) is 9.03. The van der Waals surface area contributed by atoms with Crippen molar-refractivity contribution in [2.24, 2.45) is 0 Å². The summed E-state index contributed by atoms with van der Waals surface area (Å²) in [6.07, 6.45) is 0.898. The number of hydrogen-bond donors (Lipinski definition) is 0. The molecule has 1 unspecified atom stereocenters. The van der Waals surface area contributed by atoms with E-state index < -0.39 is 5.41 Å². The molecule has 0 aromatic heterocycles. The molecule has 0 fully saturated rings. The van der Waals surface area contributed by atoms with E-state index >= 15 is 0 Å². The van der Waals surface area contributed by atoms with Crippen LogP contribution in [-0.4, -0.2) is 12.2 Å². The second-order valence-electron chi connectivity index (χ2n) is 3.03. The maximum Gasteiger partial charge on any atom is 0.131 e. The molecule has 0 saturated carbocycles. The highest BCUT2D eigenvalue weighted by Crippen LogP contribution is 2.22. The molecule has 0 amide bonds. The summed E-state index contributed by atoms with van der Waals surface area (Å²) in [6.45, 7) is 1.84. The van der Waals surface area contributed by atoms with Crippen LogP contribution in [0.3, 0.4) is 0 Å². The van der Waals surface area contributed by atoms with Gasteiger partial charge in [0, 0.05) is 5.88 Å². The molecule has 0 aliphatic carbocycles. The molecule has 0 radical (unpaired) electrons. The molecule has 0 spiro atoms. The Hall–Kier alpha value is -0.820. The molecule has 0 N–H and O–H groups in total. The Morgan fingerprint density at radius 1 is 1.42 bits per heavy atom. The third-order valence-corrected chi connectivity index (χ3v) is 2.53. The monoisotopic (exact) mass is 182 g/mol. The van der Waals surface area contributed by atoms with Crippen LogP contribution in [0, 0.1) is 0 Å². The Morgan fingerprint density at radius 2 is 2.00 bits per heavy atom. The van der Waals surface area contributed by atoms with Crippen LogP contribution >= 0.6 is 11.6 Å². The SMILES string of the molecule is CC(C=O)(CCl)c1ccccc1. The van der Waals surface area contributed by atoms with Gasteiger partial charge in [-0.1, -0.05) is 30.3 Å². The second-order valence-corrected chi connectivity index (χ2v) is 3.30. The highest BCUT2D eigenvalue weighted by molar-refractivity contribution is 6.19. The number of rotatable bonds is 3. The van der Waals surface area contributed by atoms with Crippen molar-refractivity contribution in [3.05, 3.63) is 35.9 Å². The van der Waals surface area contributed by atoms with Crippen molar-refractivity contribution in [1.82, 2.24) is 0 Å². The van der Waals surface area contributed by atoms with Gasteiger partial charge < -0.3 is 4.79 Å². The van der Waals surface area contributed by atoms with Crippen molar-refractivity contribution < 1.29 is 4.79 Å². The molecule has 2 heteroatoms.